The Morgan fingerprint density at radius 3 is 2.47 bits per heavy atom. The van der Waals surface area contributed by atoms with E-state index in [0.29, 0.717) is 12.0 Å². The Morgan fingerprint density at radius 2 is 1.88 bits per heavy atom. The van der Waals surface area contributed by atoms with Crippen LogP contribution in [0, 0.1) is 17.3 Å². The molecule has 0 aromatic heterocycles. The number of carbonyl (C=O) groups excluding carboxylic acids is 2. The smallest absolute Gasteiger partial charge is 0.336 e. The lowest BCUT2D eigenvalue weighted by molar-refractivity contribution is -0.151. The van der Waals surface area contributed by atoms with Crippen LogP contribution in [-0.2, 0) is 19.8 Å². The van der Waals surface area contributed by atoms with Gasteiger partial charge in [0.2, 0.25) is 0 Å². The van der Waals surface area contributed by atoms with E-state index in [1.54, 1.807) is 12.1 Å². The molecule has 1 aromatic carbocycles. The molecule has 6 heteroatoms. The van der Waals surface area contributed by atoms with Gasteiger partial charge in [-0.25, -0.2) is 9.59 Å². The van der Waals surface area contributed by atoms with Crippen LogP contribution in [0.2, 0.25) is 0 Å². The lowest BCUT2D eigenvalue weighted by Gasteiger charge is -2.59. The minimum Gasteiger partial charge on any atom is -0.508 e. The van der Waals surface area contributed by atoms with Gasteiger partial charge in [0.05, 0.1) is 0 Å². The van der Waals surface area contributed by atoms with Crippen LogP contribution < -0.4 is 4.74 Å². The van der Waals surface area contributed by atoms with Gasteiger partial charge in [-0.05, 0) is 47.3 Å². The summed E-state index contributed by atoms with van der Waals surface area (Å²) in [6, 6.07) is 3.55. The first-order valence-electron chi connectivity index (χ1n) is 12.4. The number of benzene rings is 1. The molecule has 2 bridgehead atoms. The van der Waals surface area contributed by atoms with Crippen LogP contribution in [0.4, 0.5) is 0 Å². The monoisotopic (exact) mass is 470 g/mol. The van der Waals surface area contributed by atoms with Crippen molar-refractivity contribution < 1.29 is 29.3 Å². The van der Waals surface area contributed by atoms with Gasteiger partial charge >= 0.3 is 11.9 Å². The Bertz CT molecular complexity index is 987. The van der Waals surface area contributed by atoms with Gasteiger partial charge in [-0.1, -0.05) is 60.3 Å². The van der Waals surface area contributed by atoms with E-state index in [9.17, 15) is 19.5 Å². The molecule has 4 rings (SSSR count). The number of ketones is 1. The highest BCUT2D eigenvalue weighted by atomic mass is 16.5. The topological polar surface area (TPSA) is 101 Å². The van der Waals surface area contributed by atoms with Crippen molar-refractivity contribution in [3.8, 4) is 11.5 Å². The number of rotatable bonds is 10. The number of ether oxygens (including phenoxy) is 1. The fraction of sp³-hybridized carbons (Fsp3) is 0.607. The first kappa shape index (κ1) is 26.0. The molecule has 0 heterocycles. The van der Waals surface area contributed by atoms with Crippen molar-refractivity contribution >= 4 is 17.7 Å². The molecule has 3 saturated carbocycles. The van der Waals surface area contributed by atoms with E-state index in [4.69, 9.17) is 9.84 Å². The number of hydrogen-bond acceptors (Lipinski definition) is 5. The van der Waals surface area contributed by atoms with Crippen LogP contribution in [-0.4, -0.2) is 27.9 Å². The van der Waals surface area contributed by atoms with Crippen molar-refractivity contribution in [2.75, 3.05) is 0 Å². The molecule has 186 valence electrons. The molecule has 0 radical (unpaired) electrons. The number of Topliss-reactive ketones (excluding diaryl/α,β-unsaturated/α-hetero) is 1. The third kappa shape index (κ3) is 5.21. The molecule has 3 aliphatic rings. The average Bonchev–Trinajstić information content (AvgIpc) is 2.74. The second-order valence-electron chi connectivity index (χ2n) is 11.2. The molecule has 0 spiro atoms. The molecule has 1 unspecified atom stereocenters. The summed E-state index contributed by atoms with van der Waals surface area (Å²) in [5, 5.41) is 20.1. The number of esters is 1. The van der Waals surface area contributed by atoms with E-state index in [2.05, 4.69) is 34.6 Å². The SMILES string of the molecule is CCCCCCC(C)(C)c1cc(O)c(C2CC(=O)[C@H]3C[C@@H]2C3(C)C)c(OC(=O)/C=C/C(=O)O)c1. The zero-order valence-electron chi connectivity index (χ0n) is 21.0. The van der Waals surface area contributed by atoms with E-state index < -0.39 is 11.9 Å². The normalized spacial score (nSPS) is 23.6. The molecule has 0 aliphatic heterocycles. The van der Waals surface area contributed by atoms with E-state index in [1.807, 2.05) is 0 Å². The fourth-order valence-corrected chi connectivity index (χ4v) is 5.87. The highest BCUT2D eigenvalue weighted by molar-refractivity contribution is 5.92. The molecule has 6 nitrogen and oxygen atoms in total. The van der Waals surface area contributed by atoms with E-state index in [0.717, 1.165) is 49.8 Å². The lowest BCUT2D eigenvalue weighted by atomic mass is 9.44. The molecule has 3 fully saturated rings. The maximum Gasteiger partial charge on any atom is 0.336 e. The van der Waals surface area contributed by atoms with Crippen molar-refractivity contribution in [2.45, 2.75) is 90.9 Å². The summed E-state index contributed by atoms with van der Waals surface area (Å²) < 4.78 is 5.62. The Morgan fingerprint density at radius 1 is 1.18 bits per heavy atom. The number of hydrogen-bond donors (Lipinski definition) is 2. The van der Waals surface area contributed by atoms with E-state index in [-0.39, 0.29) is 45.9 Å². The average molecular weight is 471 g/mol. The maximum atomic E-state index is 12.8. The first-order chi connectivity index (χ1) is 15.9. The maximum absolute atomic E-state index is 12.8. The number of phenolic OH excluding ortho intramolecular Hbond substituents is 1. The summed E-state index contributed by atoms with van der Waals surface area (Å²) in [6.07, 6.45) is 8.09. The van der Waals surface area contributed by atoms with Crippen LogP contribution in [0.3, 0.4) is 0 Å². The van der Waals surface area contributed by atoms with Crippen molar-refractivity contribution in [2.24, 2.45) is 17.3 Å². The van der Waals surface area contributed by atoms with Gasteiger partial charge in [0, 0.05) is 36.0 Å². The quantitative estimate of drug-likeness (QED) is 0.191. The number of aliphatic carboxylic acids is 1. The second kappa shape index (κ2) is 9.93. The zero-order chi connectivity index (χ0) is 25.3. The summed E-state index contributed by atoms with van der Waals surface area (Å²) in [5.74, 6) is -1.65. The van der Waals surface area contributed by atoms with Gasteiger partial charge in [0.25, 0.3) is 0 Å². The lowest BCUT2D eigenvalue weighted by Crippen LogP contribution is -2.56. The number of carbonyl (C=O) groups is 3. The Labute approximate surface area is 202 Å². The molecule has 3 atom stereocenters. The Kier molecular flexibility index (Phi) is 7.59. The predicted molar refractivity (Wildman–Crippen MR) is 130 cm³/mol. The Hall–Kier alpha value is -2.63. The van der Waals surface area contributed by atoms with Gasteiger partial charge < -0.3 is 14.9 Å². The minimum atomic E-state index is -1.25. The minimum absolute atomic E-state index is 0.0306. The second-order valence-corrected chi connectivity index (χ2v) is 11.2. The summed E-state index contributed by atoms with van der Waals surface area (Å²) in [6.45, 7) is 10.5. The van der Waals surface area contributed by atoms with Gasteiger partial charge in [0.1, 0.15) is 17.3 Å². The summed E-state index contributed by atoms with van der Waals surface area (Å²) in [5.41, 5.74) is 0.898. The van der Waals surface area contributed by atoms with Crippen molar-refractivity contribution in [3.05, 3.63) is 35.4 Å². The van der Waals surface area contributed by atoms with Crippen LogP contribution in [0.15, 0.2) is 24.3 Å². The van der Waals surface area contributed by atoms with Gasteiger partial charge in [0.15, 0.2) is 0 Å². The summed E-state index contributed by atoms with van der Waals surface area (Å²) in [7, 11) is 0. The molecule has 34 heavy (non-hydrogen) atoms. The summed E-state index contributed by atoms with van der Waals surface area (Å²) in [4.78, 5) is 36.1. The van der Waals surface area contributed by atoms with E-state index in [1.165, 1.54) is 6.42 Å². The predicted octanol–water partition coefficient (Wildman–Crippen LogP) is 5.91. The first-order valence-corrected chi connectivity index (χ1v) is 12.4. The van der Waals surface area contributed by atoms with Gasteiger partial charge in [-0.2, -0.15) is 0 Å². The number of fused-ring (bicyclic) bond motifs is 2. The Balaban J connectivity index is 2.00. The third-order valence-electron chi connectivity index (χ3n) is 8.14. The molecular formula is C28H38O6. The molecule has 1 aromatic rings. The molecule has 2 N–H and O–H groups in total. The number of carboxylic acid groups (broad SMARTS) is 1. The van der Waals surface area contributed by atoms with Gasteiger partial charge in [-0.15, -0.1) is 0 Å². The molecular weight excluding hydrogens is 432 g/mol. The molecule has 0 saturated heterocycles. The highest BCUT2D eigenvalue weighted by Crippen LogP contribution is 2.64. The highest BCUT2D eigenvalue weighted by Gasteiger charge is 2.59. The largest absolute Gasteiger partial charge is 0.508 e. The van der Waals surface area contributed by atoms with Crippen molar-refractivity contribution in [3.63, 3.8) is 0 Å². The van der Waals surface area contributed by atoms with Crippen LogP contribution >= 0.6 is 0 Å². The van der Waals surface area contributed by atoms with Gasteiger partial charge in [-0.3, -0.25) is 4.79 Å². The number of aromatic hydroxyl groups is 1. The van der Waals surface area contributed by atoms with Crippen LogP contribution in [0.25, 0.3) is 0 Å². The number of carboxylic acids is 1. The van der Waals surface area contributed by atoms with Crippen LogP contribution in [0.1, 0.15) is 96.6 Å². The van der Waals surface area contributed by atoms with Crippen molar-refractivity contribution in [1.82, 2.24) is 0 Å². The number of phenols is 1. The summed E-state index contributed by atoms with van der Waals surface area (Å²) >= 11 is 0. The number of unbranched alkanes of at least 4 members (excludes halogenated alkanes) is 3. The standard InChI is InChI=1S/C28H38O6/c1-6-7-8-9-12-27(2,3)17-13-22(30)26(23(14-17)34-25(33)11-10-24(31)32)18-15-21(29)20-16-19(18)28(20,4)5/h10-11,13-14,18-20,30H,6-9,12,15-16H2,1-5H3,(H,31,32)/b11-10+/t18?,19-,20+/m0/s1. The zero-order valence-corrected chi connectivity index (χ0v) is 21.0. The van der Waals surface area contributed by atoms with Crippen LogP contribution in [0.5, 0.6) is 11.5 Å². The fourth-order valence-electron chi connectivity index (χ4n) is 5.87. The molecule has 3 aliphatic carbocycles. The van der Waals surface area contributed by atoms with E-state index >= 15 is 0 Å². The molecule has 0 amide bonds. The third-order valence-corrected chi connectivity index (χ3v) is 8.14. The van der Waals surface area contributed by atoms with Crippen molar-refractivity contribution in [1.29, 1.82) is 0 Å².